The lowest BCUT2D eigenvalue weighted by Gasteiger charge is -2.16. The Bertz CT molecular complexity index is 698. The number of halogens is 2. The summed E-state index contributed by atoms with van der Waals surface area (Å²) in [4.78, 5) is 11.5. The van der Waals surface area contributed by atoms with Crippen molar-refractivity contribution in [3.8, 4) is 0 Å². The Kier molecular flexibility index (Phi) is 3.77. The molecule has 2 heterocycles. The van der Waals surface area contributed by atoms with Crippen LogP contribution in [-0.4, -0.2) is 15.0 Å². The van der Waals surface area contributed by atoms with E-state index in [9.17, 15) is 4.39 Å². The van der Waals surface area contributed by atoms with Crippen LogP contribution in [0.5, 0.6) is 0 Å². The fourth-order valence-electron chi connectivity index (χ4n) is 2.20. The number of nitrogens with one attached hydrogen (secondary N) is 1. The van der Waals surface area contributed by atoms with Crippen molar-refractivity contribution in [2.24, 2.45) is 0 Å². The molecule has 3 nitrogen and oxygen atoms in total. The fourth-order valence-corrected chi connectivity index (χ4v) is 2.72. The van der Waals surface area contributed by atoms with E-state index in [-0.39, 0.29) is 11.7 Å². The molecule has 20 heavy (non-hydrogen) atoms. The minimum absolute atomic E-state index is 0.210. The SMILES string of the molecule is Fc1c(I)cccc1C(c1ccccn1)c1cnc[nH]1. The van der Waals surface area contributed by atoms with Crippen molar-refractivity contribution in [3.05, 3.63) is 81.5 Å². The smallest absolute Gasteiger partial charge is 0.140 e. The molecule has 0 spiro atoms. The molecule has 3 rings (SSSR count). The summed E-state index contributed by atoms with van der Waals surface area (Å²) in [6.07, 6.45) is 5.01. The number of imidazole rings is 1. The molecular weight excluding hydrogens is 368 g/mol. The van der Waals surface area contributed by atoms with Crippen molar-refractivity contribution >= 4 is 22.6 Å². The third-order valence-electron chi connectivity index (χ3n) is 3.11. The second-order valence-electron chi connectivity index (χ2n) is 4.34. The predicted octanol–water partition coefficient (Wildman–Crippen LogP) is 3.73. The predicted molar refractivity (Wildman–Crippen MR) is 82.9 cm³/mol. The summed E-state index contributed by atoms with van der Waals surface area (Å²) in [6.45, 7) is 0. The van der Waals surface area contributed by atoms with Gasteiger partial charge in [-0.3, -0.25) is 4.98 Å². The van der Waals surface area contributed by atoms with Crippen molar-refractivity contribution in [3.63, 3.8) is 0 Å². The molecule has 0 amide bonds. The van der Waals surface area contributed by atoms with Gasteiger partial charge in [0.2, 0.25) is 0 Å². The number of H-pyrrole nitrogens is 1. The molecule has 0 bridgehead atoms. The summed E-state index contributed by atoms with van der Waals surface area (Å²) in [5, 5.41) is 0. The number of benzene rings is 1. The second-order valence-corrected chi connectivity index (χ2v) is 5.50. The zero-order chi connectivity index (χ0) is 13.9. The van der Waals surface area contributed by atoms with Crippen LogP contribution in [0.25, 0.3) is 0 Å². The molecule has 0 saturated carbocycles. The van der Waals surface area contributed by atoms with Gasteiger partial charge in [-0.15, -0.1) is 0 Å². The van der Waals surface area contributed by atoms with Crippen LogP contribution in [0.1, 0.15) is 22.9 Å². The number of hydrogen-bond donors (Lipinski definition) is 1. The van der Waals surface area contributed by atoms with Gasteiger partial charge in [-0.25, -0.2) is 9.37 Å². The molecule has 0 aliphatic rings. The van der Waals surface area contributed by atoms with E-state index in [4.69, 9.17) is 0 Å². The highest BCUT2D eigenvalue weighted by atomic mass is 127. The molecule has 5 heteroatoms. The molecule has 0 aliphatic heterocycles. The molecule has 2 aromatic heterocycles. The topological polar surface area (TPSA) is 41.6 Å². The number of aromatic nitrogens is 3. The van der Waals surface area contributed by atoms with Crippen LogP contribution in [-0.2, 0) is 0 Å². The highest BCUT2D eigenvalue weighted by Crippen LogP contribution is 2.32. The first kappa shape index (κ1) is 13.2. The fraction of sp³-hybridized carbons (Fsp3) is 0.0667. The van der Waals surface area contributed by atoms with Crippen molar-refractivity contribution < 1.29 is 4.39 Å². The molecular formula is C15H11FIN3. The lowest BCUT2D eigenvalue weighted by atomic mass is 9.92. The summed E-state index contributed by atoms with van der Waals surface area (Å²) < 4.78 is 15.1. The van der Waals surface area contributed by atoms with E-state index < -0.39 is 0 Å². The zero-order valence-corrected chi connectivity index (χ0v) is 12.6. The van der Waals surface area contributed by atoms with E-state index >= 15 is 0 Å². The van der Waals surface area contributed by atoms with Crippen molar-refractivity contribution in [2.45, 2.75) is 5.92 Å². The van der Waals surface area contributed by atoms with E-state index in [1.165, 1.54) is 0 Å². The Morgan fingerprint density at radius 1 is 1.15 bits per heavy atom. The summed E-state index contributed by atoms with van der Waals surface area (Å²) in [5.41, 5.74) is 2.21. The standard InChI is InChI=1S/C15H11FIN3/c16-15-10(4-3-5-11(15)17)14(13-8-18-9-20-13)12-6-1-2-7-19-12/h1-9,14H,(H,18,20). The number of pyridine rings is 1. The maximum absolute atomic E-state index is 14.5. The first-order valence-electron chi connectivity index (χ1n) is 6.10. The molecule has 1 aromatic carbocycles. The third-order valence-corrected chi connectivity index (χ3v) is 3.94. The van der Waals surface area contributed by atoms with Gasteiger partial charge in [0, 0.05) is 27.2 Å². The Labute approximate surface area is 129 Å². The van der Waals surface area contributed by atoms with Crippen LogP contribution in [0.2, 0.25) is 0 Å². The Morgan fingerprint density at radius 3 is 2.75 bits per heavy atom. The molecule has 1 N–H and O–H groups in total. The maximum Gasteiger partial charge on any atom is 0.140 e. The van der Waals surface area contributed by atoms with Crippen LogP contribution in [0.3, 0.4) is 0 Å². The third kappa shape index (κ3) is 2.45. The first-order chi connectivity index (χ1) is 9.77. The summed E-state index contributed by atoms with van der Waals surface area (Å²) in [7, 11) is 0. The van der Waals surface area contributed by atoms with Gasteiger partial charge < -0.3 is 4.98 Å². The number of nitrogens with zero attached hydrogens (tertiary/aromatic N) is 2. The van der Waals surface area contributed by atoms with E-state index in [1.807, 2.05) is 46.9 Å². The highest BCUT2D eigenvalue weighted by molar-refractivity contribution is 14.1. The van der Waals surface area contributed by atoms with Crippen molar-refractivity contribution in [1.82, 2.24) is 15.0 Å². The lowest BCUT2D eigenvalue weighted by Crippen LogP contribution is -2.08. The Morgan fingerprint density at radius 2 is 2.05 bits per heavy atom. The van der Waals surface area contributed by atoms with E-state index in [2.05, 4.69) is 15.0 Å². The Balaban J connectivity index is 2.19. The minimum Gasteiger partial charge on any atom is -0.348 e. The van der Waals surface area contributed by atoms with Gasteiger partial charge in [0.15, 0.2) is 0 Å². The van der Waals surface area contributed by atoms with Crippen molar-refractivity contribution in [1.29, 1.82) is 0 Å². The second kappa shape index (κ2) is 5.70. The zero-order valence-electron chi connectivity index (χ0n) is 10.4. The normalized spacial score (nSPS) is 12.3. The summed E-state index contributed by atoms with van der Waals surface area (Å²) in [5.74, 6) is -0.494. The van der Waals surface area contributed by atoms with E-state index in [0.29, 0.717) is 9.13 Å². The van der Waals surface area contributed by atoms with Gasteiger partial charge in [0.25, 0.3) is 0 Å². The molecule has 0 fully saturated rings. The van der Waals surface area contributed by atoms with Gasteiger partial charge in [-0.2, -0.15) is 0 Å². The van der Waals surface area contributed by atoms with Gasteiger partial charge in [-0.05, 0) is 40.8 Å². The van der Waals surface area contributed by atoms with Gasteiger partial charge in [0.05, 0.1) is 17.9 Å². The van der Waals surface area contributed by atoms with Crippen molar-refractivity contribution in [2.75, 3.05) is 0 Å². The number of hydrogen-bond acceptors (Lipinski definition) is 2. The van der Waals surface area contributed by atoms with Gasteiger partial charge in [-0.1, -0.05) is 18.2 Å². The van der Waals surface area contributed by atoms with Crippen LogP contribution < -0.4 is 0 Å². The molecule has 100 valence electrons. The monoisotopic (exact) mass is 379 g/mol. The Hall–Kier alpha value is -1.76. The molecule has 3 aromatic rings. The molecule has 1 atom stereocenters. The minimum atomic E-state index is -0.284. The van der Waals surface area contributed by atoms with E-state index in [1.54, 1.807) is 30.9 Å². The largest absolute Gasteiger partial charge is 0.348 e. The summed E-state index contributed by atoms with van der Waals surface area (Å²) >= 11 is 2.00. The molecule has 0 saturated heterocycles. The molecule has 1 unspecified atom stereocenters. The average Bonchev–Trinajstić information content (AvgIpc) is 2.99. The van der Waals surface area contributed by atoms with Crippen LogP contribution in [0.15, 0.2) is 55.1 Å². The highest BCUT2D eigenvalue weighted by Gasteiger charge is 2.23. The van der Waals surface area contributed by atoms with Gasteiger partial charge in [0.1, 0.15) is 5.82 Å². The van der Waals surface area contributed by atoms with Crippen LogP contribution in [0, 0.1) is 9.39 Å². The number of aromatic amines is 1. The lowest BCUT2D eigenvalue weighted by molar-refractivity contribution is 0.596. The number of rotatable bonds is 3. The van der Waals surface area contributed by atoms with Crippen LogP contribution >= 0.6 is 22.6 Å². The quantitative estimate of drug-likeness (QED) is 0.705. The van der Waals surface area contributed by atoms with Crippen LogP contribution in [0.4, 0.5) is 4.39 Å². The van der Waals surface area contributed by atoms with Gasteiger partial charge >= 0.3 is 0 Å². The molecule has 0 aliphatic carbocycles. The van der Waals surface area contributed by atoms with E-state index in [0.717, 1.165) is 11.4 Å². The first-order valence-corrected chi connectivity index (χ1v) is 7.18. The summed E-state index contributed by atoms with van der Waals surface area (Å²) in [6, 6.07) is 11.0. The maximum atomic E-state index is 14.5. The average molecular weight is 379 g/mol. The molecule has 0 radical (unpaired) electrons.